The van der Waals surface area contributed by atoms with Crippen LogP contribution in [-0.4, -0.2) is 34.8 Å². The number of halogens is 2. The van der Waals surface area contributed by atoms with Gasteiger partial charge in [-0.15, -0.1) is 0 Å². The van der Waals surface area contributed by atoms with Gasteiger partial charge in [-0.25, -0.2) is 9.67 Å². The molecule has 3 rings (SSSR count). The van der Waals surface area contributed by atoms with Crippen molar-refractivity contribution < 1.29 is 4.79 Å². The second-order valence-electron chi connectivity index (χ2n) is 6.60. The molecule has 2 heterocycles. The van der Waals surface area contributed by atoms with Crippen LogP contribution < -0.4 is 10.2 Å². The predicted molar refractivity (Wildman–Crippen MR) is 112 cm³/mol. The Morgan fingerprint density at radius 3 is 2.57 bits per heavy atom. The molecule has 8 heteroatoms. The van der Waals surface area contributed by atoms with Gasteiger partial charge in [0, 0.05) is 31.9 Å². The van der Waals surface area contributed by atoms with Crippen molar-refractivity contribution in [1.29, 1.82) is 0 Å². The molecule has 0 atom stereocenters. The van der Waals surface area contributed by atoms with Crippen LogP contribution in [-0.2, 0) is 13.1 Å². The highest BCUT2D eigenvalue weighted by atomic mass is 35.5. The lowest BCUT2D eigenvalue weighted by atomic mass is 10.2. The van der Waals surface area contributed by atoms with Gasteiger partial charge in [-0.1, -0.05) is 47.5 Å². The summed E-state index contributed by atoms with van der Waals surface area (Å²) in [5.74, 6) is 0.583. The van der Waals surface area contributed by atoms with Crippen LogP contribution in [0.4, 0.5) is 5.82 Å². The molecule has 0 bridgehead atoms. The van der Waals surface area contributed by atoms with Gasteiger partial charge in [-0.3, -0.25) is 4.79 Å². The van der Waals surface area contributed by atoms with E-state index in [9.17, 15) is 4.79 Å². The van der Waals surface area contributed by atoms with Crippen molar-refractivity contribution in [2.24, 2.45) is 0 Å². The van der Waals surface area contributed by atoms with Gasteiger partial charge >= 0.3 is 0 Å². The molecule has 0 saturated carbocycles. The maximum atomic E-state index is 12.7. The molecule has 0 fully saturated rings. The van der Waals surface area contributed by atoms with E-state index in [1.165, 1.54) is 0 Å². The highest BCUT2D eigenvalue weighted by Crippen LogP contribution is 2.23. The molecule has 0 aliphatic rings. The monoisotopic (exact) mass is 417 g/mol. The van der Waals surface area contributed by atoms with Gasteiger partial charge in [0.1, 0.15) is 11.0 Å². The molecule has 0 radical (unpaired) electrons. The summed E-state index contributed by atoms with van der Waals surface area (Å²) in [5.41, 5.74) is 2.71. The van der Waals surface area contributed by atoms with Crippen LogP contribution in [0.2, 0.25) is 10.2 Å². The average molecular weight is 418 g/mol. The third-order valence-corrected chi connectivity index (χ3v) is 5.04. The molecule has 28 heavy (non-hydrogen) atoms. The minimum Gasteiger partial charge on any atom is -0.363 e. The number of carbonyl (C=O) groups is 1. The third kappa shape index (κ3) is 4.46. The summed E-state index contributed by atoms with van der Waals surface area (Å²) in [4.78, 5) is 18.9. The molecule has 1 aromatic carbocycles. The highest BCUT2D eigenvalue weighted by molar-refractivity contribution is 6.33. The van der Waals surface area contributed by atoms with E-state index in [1.807, 2.05) is 55.4 Å². The van der Waals surface area contributed by atoms with Crippen LogP contribution in [0.15, 0.2) is 42.6 Å². The first-order valence-corrected chi connectivity index (χ1v) is 9.49. The number of rotatable bonds is 6. The van der Waals surface area contributed by atoms with E-state index < -0.39 is 0 Å². The number of hydrogen-bond acceptors (Lipinski definition) is 4. The Labute approximate surface area is 174 Å². The van der Waals surface area contributed by atoms with E-state index >= 15 is 0 Å². The number of aromatic nitrogens is 3. The van der Waals surface area contributed by atoms with Gasteiger partial charge in [0.25, 0.3) is 5.91 Å². The van der Waals surface area contributed by atoms with E-state index in [4.69, 9.17) is 23.2 Å². The van der Waals surface area contributed by atoms with Crippen LogP contribution in [0, 0.1) is 6.92 Å². The normalized spacial score (nSPS) is 10.8. The molecule has 0 unspecified atom stereocenters. The molecule has 0 aliphatic heterocycles. The number of aryl methyl sites for hydroxylation is 1. The summed E-state index contributed by atoms with van der Waals surface area (Å²) in [6.45, 7) is 2.50. The molecule has 1 N–H and O–H groups in total. The smallest absolute Gasteiger partial charge is 0.256 e. The second-order valence-corrected chi connectivity index (χ2v) is 7.37. The van der Waals surface area contributed by atoms with Crippen LogP contribution >= 0.6 is 23.2 Å². The molecule has 0 saturated heterocycles. The second kappa shape index (κ2) is 8.63. The Hall–Kier alpha value is -2.57. The lowest BCUT2D eigenvalue weighted by molar-refractivity contribution is 0.0950. The maximum Gasteiger partial charge on any atom is 0.256 e. The minimum absolute atomic E-state index is 0.274. The number of carbonyl (C=O) groups excluding carboxylic acids is 1. The summed E-state index contributed by atoms with van der Waals surface area (Å²) < 4.78 is 1.58. The molecule has 0 spiro atoms. The number of amides is 1. The van der Waals surface area contributed by atoms with Crippen LogP contribution in [0.5, 0.6) is 0 Å². The molecule has 146 valence electrons. The molecule has 0 aliphatic carbocycles. The zero-order valence-electron chi connectivity index (χ0n) is 15.9. The zero-order valence-corrected chi connectivity index (χ0v) is 17.4. The SMILES string of the molecule is Cc1nn(Cc2ccccc2Cl)c(Cl)c1C(=O)NCc1ccc(N(C)C)nc1. The summed E-state index contributed by atoms with van der Waals surface area (Å²) >= 11 is 12.7. The molecule has 3 aromatic rings. The Morgan fingerprint density at radius 2 is 1.93 bits per heavy atom. The number of benzene rings is 1. The van der Waals surface area contributed by atoms with Gasteiger partial charge in [0.05, 0.1) is 17.8 Å². The van der Waals surface area contributed by atoms with Crippen molar-refractivity contribution in [3.05, 3.63) is 75.2 Å². The van der Waals surface area contributed by atoms with E-state index in [-0.39, 0.29) is 11.1 Å². The number of hydrogen-bond donors (Lipinski definition) is 1. The summed E-state index contributed by atoms with van der Waals surface area (Å²) in [6, 6.07) is 11.3. The van der Waals surface area contributed by atoms with E-state index in [0.29, 0.717) is 29.4 Å². The Bertz CT molecular complexity index is 983. The molecule has 6 nitrogen and oxygen atoms in total. The topological polar surface area (TPSA) is 63.1 Å². The van der Waals surface area contributed by atoms with Gasteiger partial charge < -0.3 is 10.2 Å². The highest BCUT2D eigenvalue weighted by Gasteiger charge is 2.20. The van der Waals surface area contributed by atoms with Crippen molar-refractivity contribution in [1.82, 2.24) is 20.1 Å². The predicted octanol–water partition coefficient (Wildman–Crippen LogP) is 3.94. The quantitative estimate of drug-likeness (QED) is 0.659. The Balaban J connectivity index is 1.71. The Kier molecular flexibility index (Phi) is 6.21. The summed E-state index contributed by atoms with van der Waals surface area (Å²) in [5, 5.41) is 8.20. The number of nitrogens with one attached hydrogen (secondary N) is 1. The fourth-order valence-corrected chi connectivity index (χ4v) is 3.28. The maximum absolute atomic E-state index is 12.7. The number of anilines is 1. The summed E-state index contributed by atoms with van der Waals surface area (Å²) in [6.07, 6.45) is 1.74. The lowest BCUT2D eigenvalue weighted by Gasteiger charge is -2.11. The molecular weight excluding hydrogens is 397 g/mol. The van der Waals surface area contributed by atoms with Crippen molar-refractivity contribution in [2.45, 2.75) is 20.0 Å². The Morgan fingerprint density at radius 1 is 1.18 bits per heavy atom. The van der Waals surface area contributed by atoms with Gasteiger partial charge in [0.2, 0.25) is 0 Å². The first-order valence-electron chi connectivity index (χ1n) is 8.73. The van der Waals surface area contributed by atoms with E-state index in [1.54, 1.807) is 17.8 Å². The molecular formula is C20H21Cl2N5O. The van der Waals surface area contributed by atoms with Gasteiger partial charge in [-0.05, 0) is 30.2 Å². The van der Waals surface area contributed by atoms with Gasteiger partial charge in [0.15, 0.2) is 0 Å². The van der Waals surface area contributed by atoms with Gasteiger partial charge in [-0.2, -0.15) is 5.10 Å². The number of pyridine rings is 1. The standard InChI is InChI=1S/C20H21Cl2N5O/c1-13-18(19(22)27(25-13)12-15-6-4-5-7-16(15)21)20(28)24-11-14-8-9-17(23-10-14)26(2)3/h4-10H,11-12H2,1-3H3,(H,24,28). The molecule has 1 amide bonds. The lowest BCUT2D eigenvalue weighted by Crippen LogP contribution is -2.23. The van der Waals surface area contributed by atoms with Crippen LogP contribution in [0.3, 0.4) is 0 Å². The van der Waals surface area contributed by atoms with Crippen molar-refractivity contribution in [3.63, 3.8) is 0 Å². The average Bonchev–Trinajstić information content (AvgIpc) is 2.95. The van der Waals surface area contributed by atoms with E-state index in [0.717, 1.165) is 16.9 Å². The van der Waals surface area contributed by atoms with Crippen LogP contribution in [0.1, 0.15) is 27.2 Å². The third-order valence-electron chi connectivity index (χ3n) is 4.29. The molecule has 2 aromatic heterocycles. The van der Waals surface area contributed by atoms with Crippen LogP contribution in [0.25, 0.3) is 0 Å². The zero-order chi connectivity index (χ0) is 20.3. The van der Waals surface area contributed by atoms with E-state index in [2.05, 4.69) is 15.4 Å². The fraction of sp³-hybridized carbons (Fsp3) is 0.250. The first-order chi connectivity index (χ1) is 13.4. The number of nitrogens with zero attached hydrogens (tertiary/aromatic N) is 4. The fourth-order valence-electron chi connectivity index (χ4n) is 2.76. The summed E-state index contributed by atoms with van der Waals surface area (Å²) in [7, 11) is 3.85. The van der Waals surface area contributed by atoms with Crippen molar-refractivity contribution >= 4 is 34.9 Å². The van der Waals surface area contributed by atoms with Crippen molar-refractivity contribution in [3.8, 4) is 0 Å². The largest absolute Gasteiger partial charge is 0.363 e. The minimum atomic E-state index is -0.274. The first kappa shape index (κ1) is 20.2. The van der Waals surface area contributed by atoms with Crippen molar-refractivity contribution in [2.75, 3.05) is 19.0 Å².